The van der Waals surface area contributed by atoms with Gasteiger partial charge in [0.15, 0.2) is 0 Å². The predicted molar refractivity (Wildman–Crippen MR) is 116 cm³/mol. The number of rotatable bonds is 5. The highest BCUT2D eigenvalue weighted by Crippen LogP contribution is 2.28. The van der Waals surface area contributed by atoms with Crippen LogP contribution in [-0.2, 0) is 28.6 Å². The zero-order chi connectivity index (χ0) is 20.4. The zero-order valence-electron chi connectivity index (χ0n) is 16.7. The topological polar surface area (TPSA) is 99.2 Å². The van der Waals surface area contributed by atoms with E-state index in [-0.39, 0.29) is 17.4 Å². The van der Waals surface area contributed by atoms with Gasteiger partial charge in [0.2, 0.25) is 0 Å². The Morgan fingerprint density at radius 3 is 3.10 bits per heavy atom. The third kappa shape index (κ3) is 4.33. The van der Waals surface area contributed by atoms with Gasteiger partial charge in [-0.3, -0.25) is 14.2 Å². The van der Waals surface area contributed by atoms with E-state index in [2.05, 4.69) is 15.1 Å². The molecule has 4 rings (SSSR count). The number of hydrogen-bond donors (Lipinski definition) is 1. The molecule has 4 atom stereocenters. The van der Waals surface area contributed by atoms with Gasteiger partial charge < -0.3 is 15.3 Å². The quantitative estimate of drug-likeness (QED) is 0.460. The molecule has 1 aromatic carbocycles. The normalized spacial score (nSPS) is 26.0. The molecule has 0 bridgehead atoms. The Morgan fingerprint density at radius 1 is 1.48 bits per heavy atom. The van der Waals surface area contributed by atoms with E-state index >= 15 is 0 Å². The second kappa shape index (κ2) is 8.59. The first-order valence-electron chi connectivity index (χ1n) is 9.88. The van der Waals surface area contributed by atoms with Gasteiger partial charge in [-0.2, -0.15) is 5.10 Å². The van der Waals surface area contributed by atoms with E-state index in [0.29, 0.717) is 18.1 Å². The number of pyridine rings is 1. The average Bonchev–Trinajstić information content (AvgIpc) is 3.05. The number of aliphatic imine (C=N–C) groups is 1. The van der Waals surface area contributed by atoms with Gasteiger partial charge in [0.25, 0.3) is 0 Å². The predicted octanol–water partition coefficient (Wildman–Crippen LogP) is 2.37. The van der Waals surface area contributed by atoms with E-state index in [1.54, 1.807) is 6.21 Å². The van der Waals surface area contributed by atoms with Gasteiger partial charge in [0.1, 0.15) is 17.6 Å². The Labute approximate surface area is 172 Å². The number of nitrogens with zero attached hydrogens (tertiary/aromatic N) is 3. The summed E-state index contributed by atoms with van der Waals surface area (Å²) in [6.07, 6.45) is 4.89. The fraction of sp³-hybridized carbons (Fsp3) is 0.476. The maximum Gasteiger partial charge on any atom is 0.141 e. The van der Waals surface area contributed by atoms with Gasteiger partial charge in [-0.1, -0.05) is 6.92 Å². The molecule has 1 aromatic heterocycles. The van der Waals surface area contributed by atoms with E-state index < -0.39 is 10.8 Å². The molecule has 0 saturated carbocycles. The minimum atomic E-state index is -0.802. The van der Waals surface area contributed by atoms with Crippen molar-refractivity contribution in [2.45, 2.75) is 50.7 Å². The van der Waals surface area contributed by atoms with Crippen molar-refractivity contribution >= 4 is 33.6 Å². The van der Waals surface area contributed by atoms with Crippen molar-refractivity contribution in [2.24, 2.45) is 15.9 Å². The van der Waals surface area contributed by atoms with Crippen LogP contribution in [0.15, 0.2) is 34.5 Å². The van der Waals surface area contributed by atoms with E-state index in [1.807, 2.05) is 38.2 Å². The fourth-order valence-electron chi connectivity index (χ4n) is 3.82. The molecule has 0 amide bonds. The van der Waals surface area contributed by atoms with Crippen LogP contribution in [0.1, 0.15) is 31.4 Å². The number of hydrazone groups is 1. The fourth-order valence-corrected chi connectivity index (χ4v) is 5.19. The number of nitrogens with two attached hydrogens (primary N) is 1. The van der Waals surface area contributed by atoms with Crippen LogP contribution < -0.4 is 10.6 Å². The first-order valence-corrected chi connectivity index (χ1v) is 11.3. The lowest BCUT2D eigenvalue weighted by Gasteiger charge is -2.19. The lowest BCUT2D eigenvalue weighted by atomic mass is 10.00. The van der Waals surface area contributed by atoms with E-state index in [1.165, 1.54) is 5.56 Å². The molecular weight excluding hydrogens is 388 g/mol. The van der Waals surface area contributed by atoms with Gasteiger partial charge in [-0.25, -0.2) is 0 Å². The maximum absolute atomic E-state index is 11.8. The number of hydrogen-bond acceptors (Lipinski definition) is 7. The Hall–Kier alpha value is -2.32. The molecule has 1 fully saturated rings. The van der Waals surface area contributed by atoms with Crippen LogP contribution in [0, 0.1) is 0 Å². The molecular formula is C21H26N4O3S. The van der Waals surface area contributed by atoms with Gasteiger partial charge in [-0.05, 0) is 49.1 Å². The third-order valence-corrected chi connectivity index (χ3v) is 7.30. The first-order chi connectivity index (χ1) is 14.0. The van der Waals surface area contributed by atoms with Gasteiger partial charge in [0.05, 0.1) is 24.8 Å². The monoisotopic (exact) mass is 414 g/mol. The van der Waals surface area contributed by atoms with E-state index in [9.17, 15) is 4.21 Å². The second-order valence-corrected chi connectivity index (χ2v) is 9.48. The summed E-state index contributed by atoms with van der Waals surface area (Å²) >= 11 is 0. The minimum absolute atomic E-state index is 0.0512. The molecule has 4 unspecified atom stereocenters. The molecule has 0 aliphatic carbocycles. The lowest BCUT2D eigenvalue weighted by molar-refractivity contribution is 0.111. The van der Waals surface area contributed by atoms with E-state index in [4.69, 9.17) is 15.3 Å². The molecule has 29 heavy (non-hydrogen) atoms. The largest absolute Gasteiger partial charge is 0.484 e. The van der Waals surface area contributed by atoms with E-state index in [0.717, 1.165) is 41.7 Å². The summed E-state index contributed by atoms with van der Waals surface area (Å²) in [5.74, 6) is 6.91. The smallest absolute Gasteiger partial charge is 0.141 e. The summed E-state index contributed by atoms with van der Waals surface area (Å²) in [6, 6.07) is 5.95. The molecule has 8 heteroatoms. The van der Waals surface area contributed by atoms with Crippen LogP contribution >= 0.6 is 0 Å². The van der Waals surface area contributed by atoms with Crippen molar-refractivity contribution in [1.29, 1.82) is 0 Å². The summed E-state index contributed by atoms with van der Waals surface area (Å²) in [5, 5.41) is 5.14. The maximum atomic E-state index is 11.8. The molecule has 0 spiro atoms. The molecule has 2 aliphatic rings. The van der Waals surface area contributed by atoms with Crippen LogP contribution in [0.4, 0.5) is 0 Å². The van der Waals surface area contributed by atoms with Crippen molar-refractivity contribution in [3.63, 3.8) is 0 Å². The minimum Gasteiger partial charge on any atom is -0.484 e. The molecule has 0 radical (unpaired) electrons. The van der Waals surface area contributed by atoms with Crippen molar-refractivity contribution in [3.8, 4) is 5.75 Å². The van der Waals surface area contributed by atoms with Crippen molar-refractivity contribution < 1.29 is 13.7 Å². The summed E-state index contributed by atoms with van der Waals surface area (Å²) in [6.45, 7) is 5.21. The summed E-state index contributed by atoms with van der Waals surface area (Å²) in [7, 11) is -0.802. The lowest BCUT2D eigenvalue weighted by Crippen LogP contribution is -2.27. The summed E-state index contributed by atoms with van der Waals surface area (Å²) in [4.78, 5) is 9.06. The van der Waals surface area contributed by atoms with Crippen LogP contribution in [0.25, 0.3) is 10.9 Å². The molecule has 2 aromatic rings. The van der Waals surface area contributed by atoms with Crippen LogP contribution in [-0.4, -0.2) is 50.9 Å². The van der Waals surface area contributed by atoms with Gasteiger partial charge in [0, 0.05) is 39.6 Å². The Balaban J connectivity index is 1.50. The number of benzene rings is 1. The highest BCUT2D eigenvalue weighted by Gasteiger charge is 2.27. The number of aromatic nitrogens is 1. The summed E-state index contributed by atoms with van der Waals surface area (Å²) in [5.41, 5.74) is 3.91. The number of fused-ring (bicyclic) bond motifs is 3. The van der Waals surface area contributed by atoms with Crippen LogP contribution in [0.3, 0.4) is 0 Å². The SMILES string of the molecule is CC(Oc1ccc2ncc3c(c2c1)CCOC3)/C(C=NC1CC(C)S(=O)C1)=N/N. The Bertz CT molecular complexity index is 991. The average molecular weight is 415 g/mol. The highest BCUT2D eigenvalue weighted by molar-refractivity contribution is 7.85. The van der Waals surface area contributed by atoms with Crippen LogP contribution in [0.2, 0.25) is 0 Å². The zero-order valence-corrected chi connectivity index (χ0v) is 17.5. The van der Waals surface area contributed by atoms with Crippen molar-refractivity contribution in [2.75, 3.05) is 12.4 Å². The van der Waals surface area contributed by atoms with Gasteiger partial charge in [-0.15, -0.1) is 0 Å². The standard InChI is InChI=1S/C21H26N4O3S/c1-13-7-16(12-29(13)26)23-10-21(25-22)14(2)28-17-3-4-20-19(8-17)18-5-6-27-11-15(18)9-24-20/h3-4,8-10,13-14,16H,5-7,11-12,22H2,1-2H3/b23-10?,25-21+. The first kappa shape index (κ1) is 20.0. The Kier molecular flexibility index (Phi) is 5.91. The molecule has 154 valence electrons. The third-order valence-electron chi connectivity index (χ3n) is 5.50. The summed E-state index contributed by atoms with van der Waals surface area (Å²) < 4.78 is 23.5. The second-order valence-electron chi connectivity index (χ2n) is 7.58. The number of ether oxygens (including phenoxy) is 2. The highest BCUT2D eigenvalue weighted by atomic mass is 32.2. The van der Waals surface area contributed by atoms with Gasteiger partial charge >= 0.3 is 0 Å². The molecule has 2 aliphatic heterocycles. The molecule has 3 heterocycles. The molecule has 2 N–H and O–H groups in total. The van der Waals surface area contributed by atoms with Crippen molar-refractivity contribution in [1.82, 2.24) is 4.98 Å². The van der Waals surface area contributed by atoms with Crippen molar-refractivity contribution in [3.05, 3.63) is 35.5 Å². The van der Waals surface area contributed by atoms with Crippen LogP contribution in [0.5, 0.6) is 5.75 Å². The molecule has 1 saturated heterocycles. The molecule has 7 nitrogen and oxygen atoms in total. The Morgan fingerprint density at radius 2 is 2.34 bits per heavy atom.